The molecule has 1 N–H and O–H groups in total. The average Bonchev–Trinajstić information content (AvgIpc) is 3.31. The number of carbonyl (C=O) groups excluding carboxylic acids is 2. The first-order chi connectivity index (χ1) is 18.0. The highest BCUT2D eigenvalue weighted by atomic mass is 32.2. The number of nitrogens with one attached hydrogen (secondary N) is 1. The molecular weight excluding hydrogens is 490 g/mol. The lowest BCUT2D eigenvalue weighted by Gasteiger charge is -2.36. The molecule has 9 heteroatoms. The monoisotopic (exact) mass is 519 g/mol. The van der Waals surface area contributed by atoms with E-state index in [-0.39, 0.29) is 18.9 Å². The second-order valence-electron chi connectivity index (χ2n) is 8.33. The molecule has 2 aliphatic heterocycles. The highest BCUT2D eigenvalue weighted by molar-refractivity contribution is 8.16. The lowest BCUT2D eigenvalue weighted by atomic mass is 9.93. The molecule has 0 aromatic heterocycles. The van der Waals surface area contributed by atoms with E-state index in [0.29, 0.717) is 34.5 Å². The zero-order chi connectivity index (χ0) is 26.4. The normalized spacial score (nSPS) is 16.4. The van der Waals surface area contributed by atoms with Crippen LogP contribution in [0.3, 0.4) is 0 Å². The third-order valence-corrected chi connectivity index (χ3v) is 6.84. The molecule has 0 aliphatic carbocycles. The quantitative estimate of drug-likeness (QED) is 0.359. The smallest absolute Gasteiger partial charge is 0.338 e. The molecule has 1 amide bonds. The molecule has 2 aromatic rings. The molecule has 2 aromatic carbocycles. The van der Waals surface area contributed by atoms with Gasteiger partial charge in [0.05, 0.1) is 38.0 Å². The summed E-state index contributed by atoms with van der Waals surface area (Å²) in [5.74, 6) is 0.465. The number of allylic oxidation sites excluding steroid dienone is 1. The SMILES string of the molecule is C=CCOC(=O)C1=C(C)N=C2SC=C(CC(=O)NCc3ccccc3)N2C1c1ccc(OC)c(OC)c1. The molecule has 0 saturated heterocycles. The predicted molar refractivity (Wildman–Crippen MR) is 144 cm³/mol. The van der Waals surface area contributed by atoms with E-state index in [9.17, 15) is 9.59 Å². The third kappa shape index (κ3) is 5.72. The highest BCUT2D eigenvalue weighted by Crippen LogP contribution is 2.46. The Labute approximate surface area is 220 Å². The third-order valence-electron chi connectivity index (χ3n) is 5.95. The Morgan fingerprint density at radius 1 is 1.14 bits per heavy atom. The number of carbonyl (C=O) groups is 2. The van der Waals surface area contributed by atoms with Gasteiger partial charge in [-0.2, -0.15) is 0 Å². The number of nitrogens with zero attached hydrogens (tertiary/aromatic N) is 2. The summed E-state index contributed by atoms with van der Waals surface area (Å²) in [6.45, 7) is 5.92. The van der Waals surface area contributed by atoms with Gasteiger partial charge in [0.2, 0.25) is 5.91 Å². The fourth-order valence-electron chi connectivity index (χ4n) is 4.20. The van der Waals surface area contributed by atoms with E-state index in [2.05, 4.69) is 16.9 Å². The van der Waals surface area contributed by atoms with E-state index >= 15 is 0 Å². The van der Waals surface area contributed by atoms with Gasteiger partial charge in [0.1, 0.15) is 6.61 Å². The minimum Gasteiger partial charge on any atom is -0.493 e. The Morgan fingerprint density at radius 2 is 1.89 bits per heavy atom. The number of rotatable bonds is 10. The minimum atomic E-state index is -0.576. The van der Waals surface area contributed by atoms with Crippen molar-refractivity contribution in [1.29, 1.82) is 0 Å². The second kappa shape index (κ2) is 11.8. The van der Waals surface area contributed by atoms with Crippen LogP contribution >= 0.6 is 11.8 Å². The topological polar surface area (TPSA) is 89.5 Å². The van der Waals surface area contributed by atoms with E-state index in [1.54, 1.807) is 27.2 Å². The standard InChI is InChI=1S/C28H29N3O5S/c1-5-13-36-27(33)25-18(2)30-28-31(26(25)20-11-12-22(34-3)23(14-20)35-4)21(17-37-28)15-24(32)29-16-19-9-7-6-8-10-19/h5-12,14,17,26H,1,13,15-16H2,2-4H3,(H,29,32). The summed E-state index contributed by atoms with van der Waals surface area (Å²) in [4.78, 5) is 32.7. The fraction of sp³-hybridized carbons (Fsp3) is 0.250. The molecule has 0 radical (unpaired) electrons. The second-order valence-corrected chi connectivity index (χ2v) is 9.17. The van der Waals surface area contributed by atoms with Gasteiger partial charge in [0.15, 0.2) is 16.7 Å². The van der Waals surface area contributed by atoms with Crippen molar-refractivity contribution in [3.05, 3.63) is 94.7 Å². The number of fused-ring (bicyclic) bond motifs is 1. The number of esters is 1. The molecular formula is C28H29N3O5S. The number of amides is 1. The van der Waals surface area contributed by atoms with Gasteiger partial charge in [-0.05, 0) is 35.6 Å². The van der Waals surface area contributed by atoms with E-state index in [4.69, 9.17) is 14.2 Å². The molecule has 1 unspecified atom stereocenters. The maximum atomic E-state index is 13.2. The molecule has 2 heterocycles. The predicted octanol–water partition coefficient (Wildman–Crippen LogP) is 4.71. The van der Waals surface area contributed by atoms with Gasteiger partial charge in [0, 0.05) is 12.2 Å². The summed E-state index contributed by atoms with van der Waals surface area (Å²) >= 11 is 1.42. The summed E-state index contributed by atoms with van der Waals surface area (Å²) in [7, 11) is 3.13. The Kier molecular flexibility index (Phi) is 8.35. The summed E-state index contributed by atoms with van der Waals surface area (Å²) in [6, 6.07) is 14.6. The first-order valence-electron chi connectivity index (χ1n) is 11.7. The Hall–Kier alpha value is -3.98. The van der Waals surface area contributed by atoms with Gasteiger partial charge in [-0.3, -0.25) is 4.79 Å². The summed E-state index contributed by atoms with van der Waals surface area (Å²) in [5, 5.41) is 5.56. The Balaban J connectivity index is 1.66. The summed E-state index contributed by atoms with van der Waals surface area (Å²) in [6.07, 6.45) is 1.64. The molecule has 0 saturated carbocycles. The van der Waals surface area contributed by atoms with Crippen molar-refractivity contribution in [2.75, 3.05) is 20.8 Å². The zero-order valence-electron chi connectivity index (χ0n) is 21.0. The van der Waals surface area contributed by atoms with Crippen LogP contribution in [0.4, 0.5) is 0 Å². The highest BCUT2D eigenvalue weighted by Gasteiger charge is 2.41. The molecule has 8 nitrogen and oxygen atoms in total. The van der Waals surface area contributed by atoms with Crippen molar-refractivity contribution in [2.45, 2.75) is 25.9 Å². The minimum absolute atomic E-state index is 0.0736. The van der Waals surface area contributed by atoms with Crippen molar-refractivity contribution >= 4 is 28.8 Å². The van der Waals surface area contributed by atoms with Crippen LogP contribution in [0.5, 0.6) is 11.5 Å². The maximum absolute atomic E-state index is 13.2. The van der Waals surface area contributed by atoms with Gasteiger partial charge in [-0.25, -0.2) is 9.79 Å². The van der Waals surface area contributed by atoms with E-state index in [0.717, 1.165) is 16.8 Å². The van der Waals surface area contributed by atoms with Crippen molar-refractivity contribution in [3.8, 4) is 11.5 Å². The largest absolute Gasteiger partial charge is 0.493 e. The van der Waals surface area contributed by atoms with Gasteiger partial charge in [0.25, 0.3) is 0 Å². The van der Waals surface area contributed by atoms with Gasteiger partial charge >= 0.3 is 5.97 Å². The first-order valence-corrected chi connectivity index (χ1v) is 12.6. The maximum Gasteiger partial charge on any atom is 0.338 e. The van der Waals surface area contributed by atoms with Crippen LogP contribution in [-0.2, 0) is 20.9 Å². The van der Waals surface area contributed by atoms with Crippen LogP contribution in [0.15, 0.2) is 88.6 Å². The lowest BCUT2D eigenvalue weighted by molar-refractivity contribution is -0.138. The van der Waals surface area contributed by atoms with Gasteiger partial charge < -0.3 is 24.4 Å². The number of hydrogen-bond donors (Lipinski definition) is 1. The lowest BCUT2D eigenvalue weighted by Crippen LogP contribution is -2.38. The molecule has 1 atom stereocenters. The van der Waals surface area contributed by atoms with Crippen molar-refractivity contribution < 1.29 is 23.8 Å². The summed E-state index contributed by atoms with van der Waals surface area (Å²) in [5.41, 5.74) is 3.45. The Morgan fingerprint density at radius 3 is 2.59 bits per heavy atom. The van der Waals surface area contributed by atoms with Crippen molar-refractivity contribution in [1.82, 2.24) is 10.2 Å². The molecule has 37 heavy (non-hydrogen) atoms. The van der Waals surface area contributed by atoms with Crippen LogP contribution in [0, 0.1) is 0 Å². The number of thioether (sulfide) groups is 1. The molecule has 0 fully saturated rings. The number of benzene rings is 2. The molecule has 192 valence electrons. The number of ether oxygens (including phenoxy) is 3. The number of aliphatic imine (C=N–C) groups is 1. The van der Waals surface area contributed by atoms with Crippen LogP contribution in [0.1, 0.15) is 30.5 Å². The van der Waals surface area contributed by atoms with E-state index < -0.39 is 12.0 Å². The van der Waals surface area contributed by atoms with Crippen LogP contribution in [-0.4, -0.2) is 42.8 Å². The molecule has 4 rings (SSSR count). The van der Waals surface area contributed by atoms with Crippen molar-refractivity contribution in [2.24, 2.45) is 4.99 Å². The number of amidine groups is 1. The number of methoxy groups -OCH3 is 2. The first kappa shape index (κ1) is 26.1. The van der Waals surface area contributed by atoms with Gasteiger partial charge in [-0.15, -0.1) is 0 Å². The van der Waals surface area contributed by atoms with Crippen LogP contribution in [0.2, 0.25) is 0 Å². The zero-order valence-corrected chi connectivity index (χ0v) is 21.8. The summed E-state index contributed by atoms with van der Waals surface area (Å²) < 4.78 is 16.4. The fourth-order valence-corrected chi connectivity index (χ4v) is 5.17. The molecule has 0 spiro atoms. The molecule has 0 bridgehead atoms. The Bertz CT molecular complexity index is 1290. The van der Waals surface area contributed by atoms with E-state index in [1.165, 1.54) is 17.8 Å². The van der Waals surface area contributed by atoms with Gasteiger partial charge in [-0.1, -0.05) is 60.8 Å². The number of hydrogen-bond acceptors (Lipinski definition) is 8. The average molecular weight is 520 g/mol. The van der Waals surface area contributed by atoms with E-state index in [1.807, 2.05) is 52.8 Å². The van der Waals surface area contributed by atoms with Crippen molar-refractivity contribution in [3.63, 3.8) is 0 Å². The van der Waals surface area contributed by atoms with Crippen LogP contribution in [0.25, 0.3) is 0 Å². The molecule has 2 aliphatic rings. The van der Waals surface area contributed by atoms with Crippen LogP contribution < -0.4 is 14.8 Å².